The van der Waals surface area contributed by atoms with Crippen LogP contribution in [0.15, 0.2) is 0 Å². The Kier molecular flexibility index (Phi) is 9.83. The van der Waals surface area contributed by atoms with Crippen LogP contribution in [0.4, 0.5) is 0 Å². The quantitative estimate of drug-likeness (QED) is 0.748. The van der Waals surface area contributed by atoms with Crippen molar-refractivity contribution in [1.29, 1.82) is 0 Å². The Morgan fingerprint density at radius 1 is 1.31 bits per heavy atom. The van der Waals surface area contributed by atoms with Crippen molar-refractivity contribution in [1.82, 2.24) is 0 Å². The van der Waals surface area contributed by atoms with Crippen LogP contribution >= 0.6 is 0 Å². The molecule has 0 spiro atoms. The van der Waals surface area contributed by atoms with Gasteiger partial charge < -0.3 is 4.74 Å². The molecule has 0 unspecified atom stereocenters. The minimum absolute atomic E-state index is 0. The first-order valence-corrected chi connectivity index (χ1v) is 5.02. The normalized spacial score (nSPS) is 17.6. The summed E-state index contributed by atoms with van der Waals surface area (Å²) in [7, 11) is 0. The van der Waals surface area contributed by atoms with Gasteiger partial charge in [-0.15, -0.1) is 0 Å². The monoisotopic (exact) mass is 303 g/mol. The minimum atomic E-state index is -0.00981. The Bertz CT molecular complexity index is 142. The Balaban J connectivity index is 0.00000144. The van der Waals surface area contributed by atoms with Crippen molar-refractivity contribution in [2.24, 2.45) is 0 Å². The number of carbonyl (C=O) groups excluding carboxylic acids is 1. The van der Waals surface area contributed by atoms with Gasteiger partial charge >= 0.3 is 5.97 Å². The van der Waals surface area contributed by atoms with Gasteiger partial charge in [-0.1, -0.05) is 13.3 Å². The van der Waals surface area contributed by atoms with E-state index in [1.165, 1.54) is 19.3 Å². The van der Waals surface area contributed by atoms with Crippen molar-refractivity contribution in [3.05, 3.63) is 0 Å². The van der Waals surface area contributed by atoms with Gasteiger partial charge in [0.2, 0.25) is 0 Å². The van der Waals surface area contributed by atoms with Crippen LogP contribution < -0.4 is 0 Å². The predicted molar refractivity (Wildman–Crippen MR) is 53.6 cm³/mol. The van der Waals surface area contributed by atoms with Gasteiger partial charge in [-0.2, -0.15) is 0 Å². The molecule has 0 N–H and O–H groups in total. The number of carbonyl (C=O) groups is 1. The molecule has 0 aliphatic heterocycles. The number of hydrogen-bond donors (Lipinski definition) is 0. The third kappa shape index (κ3) is 6.58. The van der Waals surface area contributed by atoms with Crippen LogP contribution in [0.2, 0.25) is 0 Å². The molecule has 3 heteroatoms. The van der Waals surface area contributed by atoms with Crippen molar-refractivity contribution < 1.29 is 9.53 Å². The van der Waals surface area contributed by atoms with Gasteiger partial charge in [0.05, 0.1) is 0 Å². The zero-order valence-corrected chi connectivity index (χ0v) is 15.1. The second-order valence-corrected chi connectivity index (χ2v) is 3.50. The number of ether oxygens (including phenoxy) is 1. The molecule has 1 fully saturated rings. The first-order chi connectivity index (χ1) is 5.83. The van der Waals surface area contributed by atoms with Crippen molar-refractivity contribution in [2.75, 3.05) is 0 Å². The van der Waals surface area contributed by atoms with E-state index in [9.17, 15) is 4.79 Å². The Labute approximate surface area is 140 Å². The molecule has 0 aromatic heterocycles. The largest absolute Gasteiger partial charge is 0.462 e. The van der Waals surface area contributed by atoms with E-state index in [4.69, 9.17) is 4.74 Å². The third-order valence-corrected chi connectivity index (χ3v) is 2.30. The van der Waals surface area contributed by atoms with Gasteiger partial charge in [-0.05, 0) is 32.1 Å². The maximum atomic E-state index is 11.1. The fraction of sp³-hybridized carbons (Fsp3) is 0.900. The smallest absolute Gasteiger partial charge is 0.306 e. The molecule has 0 aromatic carbocycles. The summed E-state index contributed by atoms with van der Waals surface area (Å²) in [5.74, 6) is -0.00981. The van der Waals surface area contributed by atoms with E-state index >= 15 is 0 Å². The van der Waals surface area contributed by atoms with Gasteiger partial charge in [0.25, 0.3) is 0 Å². The van der Waals surface area contributed by atoms with Crippen molar-refractivity contribution in [2.45, 2.75) is 58.0 Å². The van der Waals surface area contributed by atoms with E-state index in [2.05, 4.69) is 0 Å². The molecular formula is C10H18CsO2. The maximum absolute atomic E-state index is 11.1. The summed E-state index contributed by atoms with van der Waals surface area (Å²) in [5.41, 5.74) is 0. The fourth-order valence-electron chi connectivity index (χ4n) is 1.63. The Morgan fingerprint density at radius 3 is 2.46 bits per heavy atom. The Morgan fingerprint density at radius 2 is 1.92 bits per heavy atom. The van der Waals surface area contributed by atoms with E-state index in [1.807, 2.05) is 6.92 Å². The molecule has 1 saturated carbocycles. The first kappa shape index (κ1) is 14.5. The summed E-state index contributed by atoms with van der Waals surface area (Å²) in [6, 6.07) is 0. The summed E-state index contributed by atoms with van der Waals surface area (Å²) in [5, 5.41) is 0. The molecule has 0 atom stereocenters. The third-order valence-electron chi connectivity index (χ3n) is 2.30. The van der Waals surface area contributed by atoms with Gasteiger partial charge in [0, 0.05) is 75.3 Å². The van der Waals surface area contributed by atoms with Crippen LogP contribution in [0.5, 0.6) is 0 Å². The molecule has 2 nitrogen and oxygen atoms in total. The van der Waals surface area contributed by atoms with Crippen LogP contribution in [0.3, 0.4) is 0 Å². The number of hydrogen-bond acceptors (Lipinski definition) is 2. The number of rotatable bonds is 3. The van der Waals surface area contributed by atoms with Crippen LogP contribution in [0.25, 0.3) is 0 Å². The molecule has 0 aromatic rings. The maximum Gasteiger partial charge on any atom is 0.306 e. The SMILES string of the molecule is CCCC(=O)OC1CCCCC1.[Cs]. The summed E-state index contributed by atoms with van der Waals surface area (Å²) >= 11 is 0. The van der Waals surface area contributed by atoms with Crippen molar-refractivity contribution in [3.8, 4) is 0 Å². The zero-order valence-electron chi connectivity index (χ0n) is 8.84. The van der Waals surface area contributed by atoms with Gasteiger partial charge in [-0.25, -0.2) is 0 Å². The molecule has 1 radical (unpaired) electrons. The van der Waals surface area contributed by atoms with E-state index in [-0.39, 0.29) is 81.0 Å². The summed E-state index contributed by atoms with van der Waals surface area (Å²) in [4.78, 5) is 11.1. The second-order valence-electron chi connectivity index (χ2n) is 3.50. The van der Waals surface area contributed by atoms with Gasteiger partial charge in [0.1, 0.15) is 6.10 Å². The molecule has 0 amide bonds. The van der Waals surface area contributed by atoms with Crippen LogP contribution in [-0.4, -0.2) is 81.0 Å². The average Bonchev–Trinajstić information content (AvgIpc) is 2.06. The summed E-state index contributed by atoms with van der Waals surface area (Å²) < 4.78 is 5.29. The fourth-order valence-corrected chi connectivity index (χ4v) is 1.63. The molecule has 1 aliphatic rings. The summed E-state index contributed by atoms with van der Waals surface area (Å²) in [6.45, 7) is 2.00. The molecular weight excluding hydrogens is 285 g/mol. The first-order valence-electron chi connectivity index (χ1n) is 5.02. The molecule has 71 valence electrons. The van der Waals surface area contributed by atoms with E-state index < -0.39 is 0 Å². The standard InChI is InChI=1S/C10H18O2.Cs/c1-2-6-10(11)12-9-7-4-3-5-8-9;/h9H,2-8H2,1H3;. The molecule has 0 saturated heterocycles. The van der Waals surface area contributed by atoms with Gasteiger partial charge in [0.15, 0.2) is 0 Å². The Hall–Kier alpha value is 1.52. The van der Waals surface area contributed by atoms with Crippen LogP contribution in [-0.2, 0) is 9.53 Å². The molecule has 0 heterocycles. The van der Waals surface area contributed by atoms with Crippen molar-refractivity contribution >= 4 is 74.9 Å². The predicted octanol–water partition coefficient (Wildman–Crippen LogP) is 2.28. The number of esters is 1. The second kappa shape index (κ2) is 8.80. The molecule has 13 heavy (non-hydrogen) atoms. The minimum Gasteiger partial charge on any atom is -0.462 e. The molecule has 0 bridgehead atoms. The van der Waals surface area contributed by atoms with Gasteiger partial charge in [-0.3, -0.25) is 4.79 Å². The van der Waals surface area contributed by atoms with Crippen LogP contribution in [0.1, 0.15) is 51.9 Å². The van der Waals surface area contributed by atoms with Crippen LogP contribution in [0, 0.1) is 0 Å². The average molecular weight is 303 g/mol. The topological polar surface area (TPSA) is 26.3 Å². The molecule has 1 rings (SSSR count). The van der Waals surface area contributed by atoms with E-state index in [0.717, 1.165) is 19.3 Å². The summed E-state index contributed by atoms with van der Waals surface area (Å²) in [6.07, 6.45) is 7.63. The zero-order chi connectivity index (χ0) is 8.81. The van der Waals surface area contributed by atoms with Crippen molar-refractivity contribution in [3.63, 3.8) is 0 Å². The molecule has 1 aliphatic carbocycles. The van der Waals surface area contributed by atoms with E-state index in [1.54, 1.807) is 0 Å². The van der Waals surface area contributed by atoms with E-state index in [0.29, 0.717) is 6.42 Å².